The normalized spacial score (nSPS) is 14.7. The largest absolute Gasteiger partial charge is 0.335 e. The molecule has 5 heteroatoms. The molecule has 0 bridgehead atoms. The van der Waals surface area contributed by atoms with Crippen molar-refractivity contribution in [1.29, 1.82) is 0 Å². The van der Waals surface area contributed by atoms with E-state index in [1.807, 2.05) is 57.2 Å². The van der Waals surface area contributed by atoms with Crippen LogP contribution in [0.4, 0.5) is 5.69 Å². The van der Waals surface area contributed by atoms with Gasteiger partial charge in [0.05, 0.1) is 0 Å². The van der Waals surface area contributed by atoms with Gasteiger partial charge in [0.1, 0.15) is 5.41 Å². The Labute approximate surface area is 165 Å². The van der Waals surface area contributed by atoms with E-state index in [2.05, 4.69) is 5.32 Å². The molecule has 1 aliphatic rings. The van der Waals surface area contributed by atoms with E-state index < -0.39 is 5.41 Å². The zero-order chi connectivity index (χ0) is 19.6. The lowest BCUT2D eigenvalue weighted by Crippen LogP contribution is -2.45. The predicted octanol–water partition coefficient (Wildman–Crippen LogP) is 4.80. The van der Waals surface area contributed by atoms with Crippen molar-refractivity contribution in [3.63, 3.8) is 0 Å². The Balaban J connectivity index is 1.79. The SMILES string of the molecule is Cc1c(Cl)cccc1NC(=O)C1(C(=O)N(Cc2ccccc2)C(C)C)CC1. The van der Waals surface area contributed by atoms with Crippen LogP contribution in [0.3, 0.4) is 0 Å². The first-order chi connectivity index (χ1) is 12.8. The van der Waals surface area contributed by atoms with Crippen LogP contribution >= 0.6 is 11.6 Å². The fraction of sp³-hybridized carbons (Fsp3) is 0.364. The van der Waals surface area contributed by atoms with Gasteiger partial charge in [-0.15, -0.1) is 0 Å². The molecule has 0 aliphatic heterocycles. The summed E-state index contributed by atoms with van der Waals surface area (Å²) in [7, 11) is 0. The molecular formula is C22H25ClN2O2. The molecular weight excluding hydrogens is 360 g/mol. The van der Waals surface area contributed by atoms with E-state index in [0.29, 0.717) is 30.1 Å². The third kappa shape index (κ3) is 4.01. The number of hydrogen-bond donors (Lipinski definition) is 1. The van der Waals surface area contributed by atoms with E-state index >= 15 is 0 Å². The molecule has 2 aromatic carbocycles. The van der Waals surface area contributed by atoms with Crippen LogP contribution in [0.15, 0.2) is 48.5 Å². The van der Waals surface area contributed by atoms with Crippen LogP contribution in [0, 0.1) is 12.3 Å². The van der Waals surface area contributed by atoms with Gasteiger partial charge in [0.2, 0.25) is 11.8 Å². The Morgan fingerprint density at radius 3 is 2.37 bits per heavy atom. The first-order valence-electron chi connectivity index (χ1n) is 9.27. The summed E-state index contributed by atoms with van der Waals surface area (Å²) in [4.78, 5) is 28.1. The number of carbonyl (C=O) groups excluding carboxylic acids is 2. The molecule has 0 saturated heterocycles. The monoisotopic (exact) mass is 384 g/mol. The van der Waals surface area contributed by atoms with Gasteiger partial charge >= 0.3 is 0 Å². The highest BCUT2D eigenvalue weighted by atomic mass is 35.5. The first-order valence-corrected chi connectivity index (χ1v) is 9.64. The number of rotatable bonds is 6. The number of carbonyl (C=O) groups is 2. The van der Waals surface area contributed by atoms with E-state index in [1.165, 1.54) is 0 Å². The van der Waals surface area contributed by atoms with Gasteiger partial charge < -0.3 is 10.2 Å². The van der Waals surface area contributed by atoms with Crippen molar-refractivity contribution in [2.24, 2.45) is 5.41 Å². The van der Waals surface area contributed by atoms with Gasteiger partial charge in [-0.2, -0.15) is 0 Å². The number of nitrogens with one attached hydrogen (secondary N) is 1. The summed E-state index contributed by atoms with van der Waals surface area (Å²) in [6.45, 7) is 6.32. The van der Waals surface area contributed by atoms with Crippen molar-refractivity contribution >= 4 is 29.1 Å². The third-order valence-electron chi connectivity index (χ3n) is 5.19. The van der Waals surface area contributed by atoms with E-state index in [0.717, 1.165) is 11.1 Å². The average Bonchev–Trinajstić information content (AvgIpc) is 3.45. The molecule has 2 aromatic rings. The topological polar surface area (TPSA) is 49.4 Å². The van der Waals surface area contributed by atoms with Crippen LogP contribution in [0.5, 0.6) is 0 Å². The highest BCUT2D eigenvalue weighted by molar-refractivity contribution is 6.31. The van der Waals surface area contributed by atoms with Gasteiger partial charge in [0.25, 0.3) is 0 Å². The second kappa shape index (κ2) is 7.73. The summed E-state index contributed by atoms with van der Waals surface area (Å²) in [5.41, 5.74) is 1.56. The minimum absolute atomic E-state index is 0.0101. The van der Waals surface area contributed by atoms with Crippen molar-refractivity contribution in [1.82, 2.24) is 4.90 Å². The number of nitrogens with zero attached hydrogens (tertiary/aromatic N) is 1. The molecule has 27 heavy (non-hydrogen) atoms. The third-order valence-corrected chi connectivity index (χ3v) is 5.60. The molecule has 0 spiro atoms. The quantitative estimate of drug-likeness (QED) is 0.727. The second-order valence-electron chi connectivity index (χ2n) is 7.46. The molecule has 4 nitrogen and oxygen atoms in total. The zero-order valence-electron chi connectivity index (χ0n) is 16.0. The van der Waals surface area contributed by atoms with Crippen LogP contribution in [-0.2, 0) is 16.1 Å². The molecule has 1 aliphatic carbocycles. The zero-order valence-corrected chi connectivity index (χ0v) is 16.7. The van der Waals surface area contributed by atoms with Crippen molar-refractivity contribution in [3.8, 4) is 0 Å². The lowest BCUT2D eigenvalue weighted by molar-refractivity contribution is -0.144. The predicted molar refractivity (Wildman–Crippen MR) is 109 cm³/mol. The Hall–Kier alpha value is -2.33. The summed E-state index contributed by atoms with van der Waals surface area (Å²) in [5, 5.41) is 3.52. The van der Waals surface area contributed by atoms with Crippen LogP contribution in [0.25, 0.3) is 0 Å². The summed E-state index contributed by atoms with van der Waals surface area (Å²) >= 11 is 6.15. The highest BCUT2D eigenvalue weighted by Gasteiger charge is 2.58. The van der Waals surface area contributed by atoms with Crippen LogP contribution < -0.4 is 5.32 Å². The summed E-state index contributed by atoms with van der Waals surface area (Å²) in [5.74, 6) is -0.338. The van der Waals surface area contributed by atoms with Gasteiger partial charge in [-0.05, 0) is 56.9 Å². The second-order valence-corrected chi connectivity index (χ2v) is 7.87. The van der Waals surface area contributed by atoms with E-state index in [9.17, 15) is 9.59 Å². The molecule has 3 rings (SSSR count). The molecule has 2 amide bonds. The van der Waals surface area contributed by atoms with Gasteiger partial charge in [-0.1, -0.05) is 48.0 Å². The fourth-order valence-electron chi connectivity index (χ4n) is 3.19. The lowest BCUT2D eigenvalue weighted by Gasteiger charge is -2.30. The maximum Gasteiger partial charge on any atom is 0.240 e. The molecule has 0 radical (unpaired) electrons. The number of hydrogen-bond acceptors (Lipinski definition) is 2. The Kier molecular flexibility index (Phi) is 5.56. The van der Waals surface area contributed by atoms with Gasteiger partial charge in [0.15, 0.2) is 0 Å². The molecule has 142 valence electrons. The maximum atomic E-state index is 13.3. The number of anilines is 1. The van der Waals surface area contributed by atoms with Gasteiger partial charge in [-0.25, -0.2) is 0 Å². The van der Waals surface area contributed by atoms with Crippen molar-refractivity contribution in [2.75, 3.05) is 5.32 Å². The Bertz CT molecular complexity index is 845. The van der Waals surface area contributed by atoms with Gasteiger partial charge in [0, 0.05) is 23.3 Å². The maximum absolute atomic E-state index is 13.3. The number of amides is 2. The van der Waals surface area contributed by atoms with Crippen molar-refractivity contribution in [3.05, 3.63) is 64.7 Å². The van der Waals surface area contributed by atoms with Crippen molar-refractivity contribution < 1.29 is 9.59 Å². The summed E-state index contributed by atoms with van der Waals surface area (Å²) in [6, 6.07) is 15.3. The first kappa shape index (κ1) is 19.4. The molecule has 1 fully saturated rings. The molecule has 1 N–H and O–H groups in total. The molecule has 0 unspecified atom stereocenters. The fourth-order valence-corrected chi connectivity index (χ4v) is 3.37. The molecule has 0 atom stereocenters. The van der Waals surface area contributed by atoms with E-state index in [1.54, 1.807) is 17.0 Å². The standard InChI is InChI=1S/C22H25ClN2O2/c1-15(2)25(14-17-8-5-4-6-9-17)21(27)22(12-13-22)20(26)24-19-11-7-10-18(23)16(19)3/h4-11,15H,12-14H2,1-3H3,(H,24,26). The summed E-state index contributed by atoms with van der Waals surface area (Å²) in [6.07, 6.45) is 1.16. The highest BCUT2D eigenvalue weighted by Crippen LogP contribution is 2.49. The number of halogens is 1. The Morgan fingerprint density at radius 1 is 1.11 bits per heavy atom. The smallest absolute Gasteiger partial charge is 0.240 e. The molecule has 1 saturated carbocycles. The minimum atomic E-state index is -0.964. The van der Waals surface area contributed by atoms with Crippen LogP contribution in [0.1, 0.15) is 37.8 Å². The molecule has 0 aromatic heterocycles. The Morgan fingerprint density at radius 2 is 1.78 bits per heavy atom. The van der Waals surface area contributed by atoms with Crippen molar-refractivity contribution in [2.45, 2.75) is 46.2 Å². The van der Waals surface area contributed by atoms with Gasteiger partial charge in [-0.3, -0.25) is 9.59 Å². The minimum Gasteiger partial charge on any atom is -0.335 e. The van der Waals surface area contributed by atoms with E-state index in [4.69, 9.17) is 11.6 Å². The lowest BCUT2D eigenvalue weighted by atomic mass is 10.0. The average molecular weight is 385 g/mol. The number of benzene rings is 2. The van der Waals surface area contributed by atoms with Crippen LogP contribution in [-0.4, -0.2) is 22.8 Å². The van der Waals surface area contributed by atoms with E-state index in [-0.39, 0.29) is 17.9 Å². The van der Waals surface area contributed by atoms with Crippen LogP contribution in [0.2, 0.25) is 5.02 Å². The summed E-state index contributed by atoms with van der Waals surface area (Å²) < 4.78 is 0. The molecule has 0 heterocycles.